The van der Waals surface area contributed by atoms with Crippen LogP contribution in [0.4, 0.5) is 11.5 Å². The molecule has 3 N–H and O–H groups in total. The van der Waals surface area contributed by atoms with E-state index >= 15 is 0 Å². The van der Waals surface area contributed by atoms with Crippen LogP contribution in [0, 0.1) is 0 Å². The summed E-state index contributed by atoms with van der Waals surface area (Å²) in [7, 11) is 0. The van der Waals surface area contributed by atoms with Gasteiger partial charge in [-0.25, -0.2) is 9.97 Å². The molecule has 0 aliphatic heterocycles. The number of halogens is 2. The summed E-state index contributed by atoms with van der Waals surface area (Å²) in [5.41, 5.74) is 7.64. The standard InChI is InChI=1S/C15H14Cl2N6OS/c1-25-3-2-23-7-21-12-13(23)8(4-20-14(12)18)15(24)22-11-9(16)5-19-6-10(11)17/h4-7H,2-3H2,1H3,(H2,18,20)(H,19,22,24). The lowest BCUT2D eigenvalue weighted by Crippen LogP contribution is -2.15. The maximum Gasteiger partial charge on any atom is 0.259 e. The smallest absolute Gasteiger partial charge is 0.259 e. The number of pyridine rings is 2. The van der Waals surface area contributed by atoms with Crippen molar-refractivity contribution in [2.24, 2.45) is 0 Å². The number of anilines is 2. The first kappa shape index (κ1) is 17.8. The van der Waals surface area contributed by atoms with Crippen LogP contribution in [0.15, 0.2) is 24.9 Å². The van der Waals surface area contributed by atoms with Gasteiger partial charge in [-0.15, -0.1) is 0 Å². The van der Waals surface area contributed by atoms with E-state index in [9.17, 15) is 4.79 Å². The van der Waals surface area contributed by atoms with Crippen LogP contribution < -0.4 is 11.1 Å². The van der Waals surface area contributed by atoms with E-state index < -0.39 is 5.91 Å². The summed E-state index contributed by atoms with van der Waals surface area (Å²) in [6, 6.07) is 0. The van der Waals surface area contributed by atoms with Crippen LogP contribution >= 0.6 is 35.0 Å². The van der Waals surface area contributed by atoms with Gasteiger partial charge in [0.15, 0.2) is 5.82 Å². The minimum absolute atomic E-state index is 0.247. The zero-order valence-electron chi connectivity index (χ0n) is 13.2. The number of hydrogen-bond acceptors (Lipinski definition) is 6. The zero-order chi connectivity index (χ0) is 18.0. The lowest BCUT2D eigenvalue weighted by atomic mass is 10.2. The van der Waals surface area contributed by atoms with Gasteiger partial charge in [0.1, 0.15) is 5.52 Å². The summed E-state index contributed by atoms with van der Waals surface area (Å²) in [5, 5.41) is 3.20. The molecule has 1 amide bonds. The van der Waals surface area contributed by atoms with E-state index in [4.69, 9.17) is 28.9 Å². The van der Waals surface area contributed by atoms with E-state index in [0.717, 1.165) is 5.75 Å². The molecule has 0 unspecified atom stereocenters. The Balaban J connectivity index is 2.04. The molecule has 10 heteroatoms. The number of nitrogens with zero attached hydrogens (tertiary/aromatic N) is 4. The van der Waals surface area contributed by atoms with Crippen molar-refractivity contribution in [3.8, 4) is 0 Å². The number of aromatic nitrogens is 4. The number of rotatable bonds is 5. The van der Waals surface area contributed by atoms with Gasteiger partial charge in [-0.05, 0) is 6.26 Å². The SMILES string of the molecule is CSCCn1cnc2c(N)ncc(C(=O)Nc3c(Cl)cncc3Cl)c21. The number of aryl methyl sites for hydroxylation is 1. The Morgan fingerprint density at radius 2 is 2.00 bits per heavy atom. The van der Waals surface area contributed by atoms with Gasteiger partial charge in [-0.3, -0.25) is 9.78 Å². The number of nitrogen functional groups attached to an aromatic ring is 1. The minimum Gasteiger partial charge on any atom is -0.382 e. The van der Waals surface area contributed by atoms with Gasteiger partial charge in [0.25, 0.3) is 5.91 Å². The normalized spacial score (nSPS) is 11.0. The number of amides is 1. The molecule has 0 fully saturated rings. The molecule has 25 heavy (non-hydrogen) atoms. The fourth-order valence-electron chi connectivity index (χ4n) is 2.35. The summed E-state index contributed by atoms with van der Waals surface area (Å²) >= 11 is 13.8. The average Bonchev–Trinajstić information content (AvgIpc) is 3.01. The highest BCUT2D eigenvalue weighted by Crippen LogP contribution is 2.30. The first-order valence-electron chi connectivity index (χ1n) is 7.21. The molecule has 3 aromatic heterocycles. The molecule has 130 valence electrons. The molecule has 0 saturated carbocycles. The Morgan fingerprint density at radius 3 is 2.68 bits per heavy atom. The van der Waals surface area contributed by atoms with Crippen molar-refractivity contribution in [2.75, 3.05) is 23.1 Å². The first-order valence-corrected chi connectivity index (χ1v) is 9.36. The second-order valence-corrected chi connectivity index (χ2v) is 6.92. The van der Waals surface area contributed by atoms with E-state index in [1.165, 1.54) is 18.6 Å². The molecule has 3 heterocycles. The summed E-state index contributed by atoms with van der Waals surface area (Å²) in [6.07, 6.45) is 7.90. The number of thioether (sulfide) groups is 1. The van der Waals surface area contributed by atoms with E-state index in [1.807, 2.05) is 10.8 Å². The Hall–Kier alpha value is -2.03. The van der Waals surface area contributed by atoms with Gasteiger partial charge >= 0.3 is 0 Å². The molecule has 0 spiro atoms. The van der Waals surface area contributed by atoms with Crippen LogP contribution in [0.5, 0.6) is 0 Å². The predicted molar refractivity (Wildman–Crippen MR) is 103 cm³/mol. The molecule has 3 rings (SSSR count). The predicted octanol–water partition coefficient (Wildman–Crippen LogP) is 3.33. The molecule has 0 aliphatic rings. The minimum atomic E-state index is -0.404. The third kappa shape index (κ3) is 3.51. The molecule has 7 nitrogen and oxygen atoms in total. The number of carbonyl (C=O) groups excluding carboxylic acids is 1. The van der Waals surface area contributed by atoms with Crippen molar-refractivity contribution in [3.63, 3.8) is 0 Å². The molecule has 0 radical (unpaired) electrons. The van der Waals surface area contributed by atoms with E-state index in [1.54, 1.807) is 18.1 Å². The number of carbonyl (C=O) groups is 1. The molecule has 0 atom stereocenters. The lowest BCUT2D eigenvalue weighted by Gasteiger charge is -2.11. The Kier molecular flexibility index (Phi) is 5.31. The number of hydrogen-bond donors (Lipinski definition) is 2. The zero-order valence-corrected chi connectivity index (χ0v) is 15.5. The topological polar surface area (TPSA) is 98.7 Å². The van der Waals surface area contributed by atoms with Crippen molar-refractivity contribution < 1.29 is 4.79 Å². The fraction of sp³-hybridized carbons (Fsp3) is 0.200. The van der Waals surface area contributed by atoms with Gasteiger partial charge in [0.2, 0.25) is 0 Å². The second kappa shape index (κ2) is 7.47. The highest BCUT2D eigenvalue weighted by molar-refractivity contribution is 7.98. The molecular formula is C15H14Cl2N6OS. The quantitative estimate of drug-likeness (QED) is 0.685. The van der Waals surface area contributed by atoms with Gasteiger partial charge < -0.3 is 15.6 Å². The maximum atomic E-state index is 12.8. The van der Waals surface area contributed by atoms with Gasteiger partial charge in [0, 0.05) is 30.9 Å². The van der Waals surface area contributed by atoms with Crippen LogP contribution in [0.2, 0.25) is 10.0 Å². The Bertz CT molecular complexity index is 925. The number of imidazole rings is 1. The van der Waals surface area contributed by atoms with Crippen molar-refractivity contribution >= 4 is 63.4 Å². The molecule has 0 saturated heterocycles. The third-order valence-electron chi connectivity index (χ3n) is 3.54. The van der Waals surface area contributed by atoms with Gasteiger partial charge in [-0.2, -0.15) is 11.8 Å². The second-order valence-electron chi connectivity index (χ2n) is 5.12. The Labute approximate surface area is 157 Å². The fourth-order valence-corrected chi connectivity index (χ4v) is 3.18. The highest BCUT2D eigenvalue weighted by atomic mass is 35.5. The average molecular weight is 397 g/mol. The number of nitrogens with two attached hydrogens (primary N) is 1. The van der Waals surface area contributed by atoms with Crippen LogP contribution in [0.3, 0.4) is 0 Å². The molecular weight excluding hydrogens is 383 g/mol. The summed E-state index contributed by atoms with van der Waals surface area (Å²) in [4.78, 5) is 25.0. The lowest BCUT2D eigenvalue weighted by molar-refractivity contribution is 0.102. The van der Waals surface area contributed by atoms with E-state index in [0.29, 0.717) is 28.8 Å². The third-order valence-corrected chi connectivity index (χ3v) is 4.71. The number of fused-ring (bicyclic) bond motifs is 1. The largest absolute Gasteiger partial charge is 0.382 e. The van der Waals surface area contributed by atoms with Crippen LogP contribution in [-0.2, 0) is 6.54 Å². The monoisotopic (exact) mass is 396 g/mol. The summed E-state index contributed by atoms with van der Waals surface area (Å²) in [6.45, 7) is 0.693. The summed E-state index contributed by atoms with van der Waals surface area (Å²) in [5.74, 6) is 0.740. The van der Waals surface area contributed by atoms with Crippen LogP contribution in [-0.4, -0.2) is 37.4 Å². The van der Waals surface area contributed by atoms with Crippen LogP contribution in [0.25, 0.3) is 11.0 Å². The van der Waals surface area contributed by atoms with Crippen molar-refractivity contribution in [2.45, 2.75) is 6.54 Å². The summed E-state index contributed by atoms with van der Waals surface area (Å²) < 4.78 is 1.88. The van der Waals surface area contributed by atoms with Crippen molar-refractivity contribution in [1.29, 1.82) is 0 Å². The molecule has 0 aromatic carbocycles. The highest BCUT2D eigenvalue weighted by Gasteiger charge is 2.19. The van der Waals surface area contributed by atoms with Crippen molar-refractivity contribution in [1.82, 2.24) is 19.5 Å². The van der Waals surface area contributed by atoms with Gasteiger partial charge in [-0.1, -0.05) is 23.2 Å². The Morgan fingerprint density at radius 1 is 1.28 bits per heavy atom. The first-order chi connectivity index (χ1) is 12.0. The maximum absolute atomic E-state index is 12.8. The number of nitrogens with one attached hydrogen (secondary N) is 1. The molecule has 0 aliphatic carbocycles. The van der Waals surface area contributed by atoms with E-state index in [2.05, 4.69) is 20.3 Å². The van der Waals surface area contributed by atoms with Crippen molar-refractivity contribution in [3.05, 3.63) is 40.5 Å². The molecule has 3 aromatic rings. The van der Waals surface area contributed by atoms with Gasteiger partial charge in [0.05, 0.1) is 33.1 Å². The van der Waals surface area contributed by atoms with Crippen LogP contribution in [0.1, 0.15) is 10.4 Å². The van der Waals surface area contributed by atoms with E-state index in [-0.39, 0.29) is 15.9 Å². The molecule has 0 bridgehead atoms.